The highest BCUT2D eigenvalue weighted by Crippen LogP contribution is 2.30. The number of anilines is 1. The van der Waals surface area contributed by atoms with E-state index < -0.39 is 12.1 Å². The number of amides is 2. The van der Waals surface area contributed by atoms with Gasteiger partial charge in [0.15, 0.2) is 0 Å². The van der Waals surface area contributed by atoms with Crippen LogP contribution in [0.25, 0.3) is 0 Å². The van der Waals surface area contributed by atoms with Gasteiger partial charge in [0.2, 0.25) is 11.8 Å². The first-order chi connectivity index (χ1) is 9.90. The lowest BCUT2D eigenvalue weighted by molar-refractivity contribution is -0.134. The normalized spacial score (nSPS) is 22.4. The summed E-state index contributed by atoms with van der Waals surface area (Å²) in [6.07, 6.45) is 1.20. The van der Waals surface area contributed by atoms with Crippen molar-refractivity contribution in [2.24, 2.45) is 0 Å². The molecule has 2 amide bonds. The number of piperazine rings is 1. The predicted molar refractivity (Wildman–Crippen MR) is 87.4 cm³/mol. The Hall–Kier alpha value is -1.36. The highest BCUT2D eigenvalue weighted by molar-refractivity contribution is 9.10. The molecular formula is C16H21BrN2O2. The van der Waals surface area contributed by atoms with Crippen molar-refractivity contribution in [2.45, 2.75) is 52.6 Å². The number of hydrogen-bond donors (Lipinski definition) is 1. The van der Waals surface area contributed by atoms with Crippen molar-refractivity contribution in [3.63, 3.8) is 0 Å². The summed E-state index contributed by atoms with van der Waals surface area (Å²) in [4.78, 5) is 26.6. The van der Waals surface area contributed by atoms with E-state index in [1.165, 1.54) is 0 Å². The molecular weight excluding hydrogens is 332 g/mol. The van der Waals surface area contributed by atoms with Gasteiger partial charge in [-0.3, -0.25) is 14.5 Å². The number of benzene rings is 1. The van der Waals surface area contributed by atoms with Crippen LogP contribution in [0.1, 0.15) is 37.8 Å². The maximum absolute atomic E-state index is 12.7. The van der Waals surface area contributed by atoms with Crippen LogP contribution in [0.15, 0.2) is 16.6 Å². The fraction of sp³-hybridized carbons (Fsp3) is 0.500. The summed E-state index contributed by atoms with van der Waals surface area (Å²) >= 11 is 3.54. The van der Waals surface area contributed by atoms with Crippen molar-refractivity contribution in [2.75, 3.05) is 4.90 Å². The predicted octanol–water partition coefficient (Wildman–Crippen LogP) is 3.09. The lowest BCUT2D eigenvalue weighted by Crippen LogP contribution is -2.63. The van der Waals surface area contributed by atoms with E-state index >= 15 is 0 Å². The summed E-state index contributed by atoms with van der Waals surface area (Å²) in [5.74, 6) is -0.0905. The van der Waals surface area contributed by atoms with E-state index in [2.05, 4.69) is 21.2 Å². The van der Waals surface area contributed by atoms with Gasteiger partial charge in [-0.2, -0.15) is 0 Å². The Morgan fingerprint density at radius 2 is 1.71 bits per heavy atom. The van der Waals surface area contributed by atoms with Crippen LogP contribution in [-0.2, 0) is 9.59 Å². The summed E-state index contributed by atoms with van der Waals surface area (Å²) in [6, 6.07) is 3.07. The summed E-state index contributed by atoms with van der Waals surface area (Å²) in [7, 11) is 0. The molecule has 1 saturated heterocycles. The van der Waals surface area contributed by atoms with E-state index in [1.54, 1.807) is 4.90 Å². The molecule has 1 aliphatic heterocycles. The molecule has 1 aromatic carbocycles. The molecule has 1 heterocycles. The van der Waals surface area contributed by atoms with E-state index in [-0.39, 0.29) is 11.8 Å². The molecule has 1 N–H and O–H groups in total. The molecule has 21 heavy (non-hydrogen) atoms. The fourth-order valence-corrected chi connectivity index (χ4v) is 3.01. The average molecular weight is 353 g/mol. The molecule has 1 aromatic rings. The second-order valence-corrected chi connectivity index (χ2v) is 6.29. The first-order valence-electron chi connectivity index (χ1n) is 7.30. The Kier molecular flexibility index (Phi) is 4.71. The molecule has 2 unspecified atom stereocenters. The monoisotopic (exact) mass is 352 g/mol. The summed E-state index contributed by atoms with van der Waals surface area (Å²) in [6.45, 7) is 7.82. The van der Waals surface area contributed by atoms with Crippen LogP contribution in [0.3, 0.4) is 0 Å². The quantitative estimate of drug-likeness (QED) is 0.908. The summed E-state index contributed by atoms with van der Waals surface area (Å²) < 4.78 is 1.04. The number of aryl methyl sites for hydroxylation is 2. The summed E-state index contributed by atoms with van der Waals surface area (Å²) in [5, 5.41) is 2.82. The fourth-order valence-electron chi connectivity index (χ4n) is 2.78. The number of nitrogens with one attached hydrogen (secondary N) is 1. The third-order valence-corrected chi connectivity index (χ3v) is 5.21. The van der Waals surface area contributed by atoms with E-state index in [0.717, 1.165) is 21.3 Å². The number of nitrogens with zero attached hydrogens (tertiary/aromatic N) is 1. The van der Waals surface area contributed by atoms with E-state index in [0.29, 0.717) is 12.8 Å². The van der Waals surface area contributed by atoms with E-state index in [9.17, 15) is 9.59 Å². The molecule has 5 heteroatoms. The zero-order valence-corrected chi connectivity index (χ0v) is 14.5. The standard InChI is InChI=1S/C16H21BrN2O2/c1-5-12-16(21)19(13(6-2)15(20)18-12)11-7-9(3)14(17)10(4)8-11/h7-8,12-13H,5-6H2,1-4H3,(H,18,20). The zero-order chi connectivity index (χ0) is 15.7. The average Bonchev–Trinajstić information content (AvgIpc) is 2.45. The maximum Gasteiger partial charge on any atom is 0.250 e. The molecule has 0 bridgehead atoms. The zero-order valence-electron chi connectivity index (χ0n) is 12.9. The molecule has 1 fully saturated rings. The lowest BCUT2D eigenvalue weighted by atomic mass is 10.0. The topological polar surface area (TPSA) is 49.4 Å². The van der Waals surface area contributed by atoms with Gasteiger partial charge in [0.1, 0.15) is 12.1 Å². The third kappa shape index (κ3) is 2.84. The molecule has 2 atom stereocenters. The molecule has 0 saturated carbocycles. The third-order valence-electron chi connectivity index (χ3n) is 3.96. The second-order valence-electron chi connectivity index (χ2n) is 5.50. The number of rotatable bonds is 3. The second kappa shape index (κ2) is 6.18. The van der Waals surface area contributed by atoms with Gasteiger partial charge in [-0.05, 0) is 49.9 Å². The van der Waals surface area contributed by atoms with Crippen molar-refractivity contribution in [3.05, 3.63) is 27.7 Å². The molecule has 0 spiro atoms. The van der Waals surface area contributed by atoms with Crippen LogP contribution < -0.4 is 10.2 Å². The van der Waals surface area contributed by atoms with Crippen molar-refractivity contribution >= 4 is 33.4 Å². The molecule has 1 aliphatic rings. The van der Waals surface area contributed by atoms with Crippen LogP contribution >= 0.6 is 15.9 Å². The Balaban J connectivity index is 2.51. The first kappa shape index (κ1) is 16.0. The number of carbonyl (C=O) groups excluding carboxylic acids is 2. The molecule has 0 radical (unpaired) electrons. The number of halogens is 1. The lowest BCUT2D eigenvalue weighted by Gasteiger charge is -2.38. The van der Waals surface area contributed by atoms with Crippen molar-refractivity contribution in [1.29, 1.82) is 0 Å². The maximum atomic E-state index is 12.7. The minimum absolute atomic E-state index is 0.0231. The van der Waals surface area contributed by atoms with E-state index in [4.69, 9.17) is 0 Å². The van der Waals surface area contributed by atoms with Gasteiger partial charge in [0, 0.05) is 10.2 Å². The molecule has 0 aromatic heterocycles. The van der Waals surface area contributed by atoms with Crippen molar-refractivity contribution in [1.82, 2.24) is 5.32 Å². The van der Waals surface area contributed by atoms with Gasteiger partial charge in [-0.1, -0.05) is 29.8 Å². The van der Waals surface area contributed by atoms with Gasteiger partial charge in [0.05, 0.1) is 0 Å². The number of hydrogen-bond acceptors (Lipinski definition) is 2. The molecule has 114 valence electrons. The Morgan fingerprint density at radius 1 is 1.14 bits per heavy atom. The van der Waals surface area contributed by atoms with Crippen LogP contribution in [-0.4, -0.2) is 23.9 Å². The highest BCUT2D eigenvalue weighted by Gasteiger charge is 2.39. The van der Waals surface area contributed by atoms with Gasteiger partial charge in [0.25, 0.3) is 0 Å². The smallest absolute Gasteiger partial charge is 0.250 e. The molecule has 2 rings (SSSR count). The SMILES string of the molecule is CCC1NC(=O)C(CC)N(c2cc(C)c(Br)c(C)c2)C1=O. The van der Waals surface area contributed by atoms with E-state index in [1.807, 2.05) is 39.8 Å². The largest absolute Gasteiger partial charge is 0.342 e. The van der Waals surface area contributed by atoms with Crippen molar-refractivity contribution in [3.8, 4) is 0 Å². The minimum Gasteiger partial charge on any atom is -0.342 e. The minimum atomic E-state index is -0.430. The Morgan fingerprint density at radius 3 is 2.19 bits per heavy atom. The van der Waals surface area contributed by atoms with Gasteiger partial charge in [-0.15, -0.1) is 0 Å². The highest BCUT2D eigenvalue weighted by atomic mass is 79.9. The van der Waals surface area contributed by atoms with Crippen LogP contribution in [0.2, 0.25) is 0 Å². The van der Waals surface area contributed by atoms with Crippen LogP contribution in [0, 0.1) is 13.8 Å². The van der Waals surface area contributed by atoms with Gasteiger partial charge < -0.3 is 5.32 Å². The first-order valence-corrected chi connectivity index (χ1v) is 8.10. The Bertz CT molecular complexity index is 563. The molecule has 4 nitrogen and oxygen atoms in total. The summed E-state index contributed by atoms with van der Waals surface area (Å²) in [5.41, 5.74) is 2.93. The van der Waals surface area contributed by atoms with Crippen LogP contribution in [0.4, 0.5) is 5.69 Å². The van der Waals surface area contributed by atoms with Gasteiger partial charge >= 0.3 is 0 Å². The van der Waals surface area contributed by atoms with Crippen LogP contribution in [0.5, 0.6) is 0 Å². The molecule has 0 aliphatic carbocycles. The number of carbonyl (C=O) groups is 2. The van der Waals surface area contributed by atoms with Crippen molar-refractivity contribution < 1.29 is 9.59 Å². The van der Waals surface area contributed by atoms with Gasteiger partial charge in [-0.25, -0.2) is 0 Å². The Labute approximate surface area is 134 Å².